The molecule has 0 aliphatic carbocycles. The topological polar surface area (TPSA) is 85.9 Å². The summed E-state index contributed by atoms with van der Waals surface area (Å²) in [6, 6.07) is 12.0. The van der Waals surface area contributed by atoms with Crippen LogP contribution in [-0.4, -0.2) is 46.2 Å². The molecule has 7 heteroatoms. The number of carbonyl (C=O) groups excluding carboxylic acids is 2. The molecule has 0 aliphatic heterocycles. The van der Waals surface area contributed by atoms with Crippen molar-refractivity contribution >= 4 is 11.8 Å². The quantitative estimate of drug-likeness (QED) is 0.704. The van der Waals surface area contributed by atoms with Gasteiger partial charge in [0.15, 0.2) is 11.5 Å². The third kappa shape index (κ3) is 4.66. The number of carbonyl (C=O) groups is 2. The zero-order valence-electron chi connectivity index (χ0n) is 15.0. The van der Waals surface area contributed by atoms with Gasteiger partial charge in [0.25, 0.3) is 11.8 Å². The Kier molecular flexibility index (Phi) is 6.84. The lowest BCUT2D eigenvalue weighted by molar-refractivity contribution is 0.0927. The molecule has 0 fully saturated rings. The number of hydrogen-bond acceptors (Lipinski definition) is 5. The van der Waals surface area contributed by atoms with E-state index < -0.39 is 0 Å². The first-order valence-corrected chi connectivity index (χ1v) is 8.02. The predicted octanol–water partition coefficient (Wildman–Crippen LogP) is 1.87. The van der Waals surface area contributed by atoms with E-state index in [0.29, 0.717) is 34.9 Å². The van der Waals surface area contributed by atoms with Gasteiger partial charge >= 0.3 is 0 Å². The Balaban J connectivity index is 1.92. The van der Waals surface area contributed by atoms with E-state index in [4.69, 9.17) is 14.2 Å². The van der Waals surface area contributed by atoms with Crippen molar-refractivity contribution < 1.29 is 23.8 Å². The van der Waals surface area contributed by atoms with Crippen LogP contribution in [0.2, 0.25) is 0 Å². The summed E-state index contributed by atoms with van der Waals surface area (Å²) in [7, 11) is 4.46. The number of nitrogens with one attached hydrogen (secondary N) is 2. The zero-order valence-corrected chi connectivity index (χ0v) is 15.0. The van der Waals surface area contributed by atoms with E-state index >= 15 is 0 Å². The van der Waals surface area contributed by atoms with E-state index in [0.717, 1.165) is 0 Å². The van der Waals surface area contributed by atoms with Gasteiger partial charge in [-0.1, -0.05) is 18.2 Å². The highest BCUT2D eigenvalue weighted by Crippen LogP contribution is 2.38. The molecule has 2 aromatic carbocycles. The SMILES string of the molecule is COc1cc(C(=O)NCCNC(=O)c2ccccc2)cc(OC)c1OC. The molecule has 0 saturated heterocycles. The molecular formula is C19H22N2O5. The van der Waals surface area contributed by atoms with E-state index in [1.807, 2.05) is 6.07 Å². The summed E-state index contributed by atoms with van der Waals surface area (Å²) in [6.07, 6.45) is 0. The second kappa shape index (κ2) is 9.31. The molecule has 0 radical (unpaired) electrons. The summed E-state index contributed by atoms with van der Waals surface area (Å²) in [5.74, 6) is 0.719. The van der Waals surface area contributed by atoms with Gasteiger partial charge in [-0.25, -0.2) is 0 Å². The molecule has 2 N–H and O–H groups in total. The molecule has 0 spiro atoms. The van der Waals surface area contributed by atoms with Gasteiger partial charge in [-0.05, 0) is 24.3 Å². The maximum atomic E-state index is 12.3. The van der Waals surface area contributed by atoms with Gasteiger partial charge in [-0.2, -0.15) is 0 Å². The summed E-state index contributed by atoms with van der Waals surface area (Å²) in [5, 5.41) is 5.49. The second-order valence-corrected chi connectivity index (χ2v) is 5.29. The Morgan fingerprint density at radius 2 is 1.27 bits per heavy atom. The number of benzene rings is 2. The van der Waals surface area contributed by atoms with E-state index in [9.17, 15) is 9.59 Å². The molecular weight excluding hydrogens is 336 g/mol. The highest BCUT2D eigenvalue weighted by Gasteiger charge is 2.16. The Hall–Kier alpha value is -3.22. The smallest absolute Gasteiger partial charge is 0.251 e. The minimum absolute atomic E-state index is 0.187. The predicted molar refractivity (Wildman–Crippen MR) is 97.2 cm³/mol. The molecule has 2 aromatic rings. The summed E-state index contributed by atoms with van der Waals surface area (Å²) < 4.78 is 15.7. The molecule has 0 aromatic heterocycles. The van der Waals surface area contributed by atoms with Crippen molar-refractivity contribution in [2.45, 2.75) is 0 Å². The molecule has 0 bridgehead atoms. The van der Waals surface area contributed by atoms with Gasteiger partial charge in [0.1, 0.15) is 0 Å². The summed E-state index contributed by atoms with van der Waals surface area (Å²) in [5.41, 5.74) is 0.942. The second-order valence-electron chi connectivity index (χ2n) is 5.29. The average molecular weight is 358 g/mol. The molecule has 0 atom stereocenters. The third-order valence-corrected chi connectivity index (χ3v) is 3.66. The highest BCUT2D eigenvalue weighted by molar-refractivity contribution is 5.96. The Morgan fingerprint density at radius 1 is 0.769 bits per heavy atom. The van der Waals surface area contributed by atoms with Crippen LogP contribution >= 0.6 is 0 Å². The van der Waals surface area contributed by atoms with E-state index in [1.54, 1.807) is 36.4 Å². The van der Waals surface area contributed by atoms with E-state index in [1.165, 1.54) is 21.3 Å². The zero-order chi connectivity index (χ0) is 18.9. The fourth-order valence-electron chi connectivity index (χ4n) is 2.36. The van der Waals surface area contributed by atoms with Gasteiger partial charge in [0, 0.05) is 24.2 Å². The van der Waals surface area contributed by atoms with Crippen molar-refractivity contribution in [1.82, 2.24) is 10.6 Å². The third-order valence-electron chi connectivity index (χ3n) is 3.66. The van der Waals surface area contributed by atoms with Gasteiger partial charge in [0.05, 0.1) is 21.3 Å². The minimum atomic E-state index is -0.307. The van der Waals surface area contributed by atoms with E-state index in [-0.39, 0.29) is 18.4 Å². The summed E-state index contributed by atoms with van der Waals surface area (Å²) in [6.45, 7) is 0.595. The van der Waals surface area contributed by atoms with Crippen LogP contribution in [0.25, 0.3) is 0 Å². The monoisotopic (exact) mass is 358 g/mol. The normalized spacial score (nSPS) is 9.96. The van der Waals surface area contributed by atoms with Crippen molar-refractivity contribution in [3.63, 3.8) is 0 Å². The Morgan fingerprint density at radius 3 is 1.73 bits per heavy atom. The van der Waals surface area contributed by atoms with Crippen molar-refractivity contribution in [3.05, 3.63) is 53.6 Å². The maximum Gasteiger partial charge on any atom is 0.251 e. The van der Waals surface area contributed by atoms with Crippen LogP contribution in [0.1, 0.15) is 20.7 Å². The highest BCUT2D eigenvalue weighted by atomic mass is 16.5. The summed E-state index contributed by atoms with van der Waals surface area (Å²) >= 11 is 0. The fraction of sp³-hybridized carbons (Fsp3) is 0.263. The number of rotatable bonds is 8. The maximum absolute atomic E-state index is 12.3. The molecule has 0 saturated carbocycles. The van der Waals surface area contributed by atoms with Crippen LogP contribution < -0.4 is 24.8 Å². The van der Waals surface area contributed by atoms with Crippen LogP contribution in [0.3, 0.4) is 0 Å². The van der Waals surface area contributed by atoms with Crippen LogP contribution in [0, 0.1) is 0 Å². The fourth-order valence-corrected chi connectivity index (χ4v) is 2.36. The molecule has 7 nitrogen and oxygen atoms in total. The number of amides is 2. The largest absolute Gasteiger partial charge is 0.493 e. The lowest BCUT2D eigenvalue weighted by Crippen LogP contribution is -2.34. The standard InChI is InChI=1S/C19H22N2O5/c1-24-15-11-14(12-16(25-2)17(15)26-3)19(23)21-10-9-20-18(22)13-7-5-4-6-8-13/h4-8,11-12H,9-10H2,1-3H3,(H,20,22)(H,21,23). The van der Waals surface area contributed by atoms with Crippen molar-refractivity contribution in [2.75, 3.05) is 34.4 Å². The molecule has 26 heavy (non-hydrogen) atoms. The number of ether oxygens (including phenoxy) is 3. The molecule has 0 aliphatic rings. The number of methoxy groups -OCH3 is 3. The molecule has 2 rings (SSSR count). The first kappa shape index (κ1) is 19.1. The van der Waals surface area contributed by atoms with Crippen LogP contribution in [0.5, 0.6) is 17.2 Å². The molecule has 0 unspecified atom stereocenters. The van der Waals surface area contributed by atoms with Gasteiger partial charge < -0.3 is 24.8 Å². The van der Waals surface area contributed by atoms with Crippen LogP contribution in [0.4, 0.5) is 0 Å². The van der Waals surface area contributed by atoms with Gasteiger partial charge in [-0.15, -0.1) is 0 Å². The number of hydrogen-bond donors (Lipinski definition) is 2. The molecule has 0 heterocycles. The molecule has 2 amide bonds. The van der Waals surface area contributed by atoms with Crippen molar-refractivity contribution in [2.24, 2.45) is 0 Å². The Labute approximate surface area is 152 Å². The van der Waals surface area contributed by atoms with Crippen molar-refractivity contribution in [3.8, 4) is 17.2 Å². The van der Waals surface area contributed by atoms with Gasteiger partial charge in [-0.3, -0.25) is 9.59 Å². The van der Waals surface area contributed by atoms with Crippen LogP contribution in [0.15, 0.2) is 42.5 Å². The van der Waals surface area contributed by atoms with E-state index in [2.05, 4.69) is 10.6 Å². The summed E-state index contributed by atoms with van der Waals surface area (Å²) in [4.78, 5) is 24.2. The minimum Gasteiger partial charge on any atom is -0.493 e. The first-order chi connectivity index (χ1) is 12.6. The van der Waals surface area contributed by atoms with Crippen molar-refractivity contribution in [1.29, 1.82) is 0 Å². The van der Waals surface area contributed by atoms with Crippen LogP contribution in [-0.2, 0) is 0 Å². The Bertz CT molecular complexity index is 737. The average Bonchev–Trinajstić information content (AvgIpc) is 2.70. The lowest BCUT2D eigenvalue weighted by Gasteiger charge is -2.14. The molecule has 138 valence electrons. The van der Waals surface area contributed by atoms with Gasteiger partial charge in [0.2, 0.25) is 5.75 Å². The first-order valence-electron chi connectivity index (χ1n) is 8.02. The lowest BCUT2D eigenvalue weighted by atomic mass is 10.1.